The second kappa shape index (κ2) is 9.90. The van der Waals surface area contributed by atoms with Crippen LogP contribution in [0.5, 0.6) is 0 Å². The average molecular weight is 391 g/mol. The zero-order valence-corrected chi connectivity index (χ0v) is 17.4. The lowest BCUT2D eigenvalue weighted by molar-refractivity contribution is 0.0641. The minimum absolute atomic E-state index is 0. The fourth-order valence-corrected chi connectivity index (χ4v) is 4.00. The summed E-state index contributed by atoms with van der Waals surface area (Å²) in [6, 6.07) is 8.21. The van der Waals surface area contributed by atoms with E-state index in [4.69, 9.17) is 0 Å². The predicted molar refractivity (Wildman–Crippen MR) is 111 cm³/mol. The molecular formula is C21H31ClN4O. The number of aryl methyl sites for hydroxylation is 1. The van der Waals surface area contributed by atoms with Crippen molar-refractivity contribution < 1.29 is 4.79 Å². The number of aromatic nitrogens is 2. The van der Waals surface area contributed by atoms with Gasteiger partial charge in [-0.3, -0.25) is 9.78 Å². The van der Waals surface area contributed by atoms with Crippen LogP contribution in [0.15, 0.2) is 30.5 Å². The standard InChI is InChI=1S/C21H30N4O.ClH/c1-4-24-16(2)14-20(17(24)3)21(26)25(15-18-8-5-6-12-23-18)19-9-7-11-22-13-10-19;/h5-6,8,12,14,19,22H,4,7,9-11,13,15H2,1-3H3;1H. The van der Waals surface area contributed by atoms with Gasteiger partial charge in [0.05, 0.1) is 17.8 Å². The molecule has 6 heteroatoms. The summed E-state index contributed by atoms with van der Waals surface area (Å²) in [7, 11) is 0. The van der Waals surface area contributed by atoms with E-state index in [2.05, 4.69) is 40.5 Å². The van der Waals surface area contributed by atoms with Gasteiger partial charge in [0.1, 0.15) is 0 Å². The van der Waals surface area contributed by atoms with Crippen molar-refractivity contribution in [3.8, 4) is 0 Å². The lowest BCUT2D eigenvalue weighted by Gasteiger charge is -2.31. The van der Waals surface area contributed by atoms with E-state index < -0.39 is 0 Å². The van der Waals surface area contributed by atoms with Crippen molar-refractivity contribution in [3.05, 3.63) is 53.1 Å². The molecule has 1 fully saturated rings. The van der Waals surface area contributed by atoms with Crippen molar-refractivity contribution in [2.75, 3.05) is 13.1 Å². The van der Waals surface area contributed by atoms with Gasteiger partial charge in [0, 0.05) is 30.2 Å². The quantitative estimate of drug-likeness (QED) is 0.846. The van der Waals surface area contributed by atoms with Crippen LogP contribution in [0.4, 0.5) is 0 Å². The number of hydrogen-bond donors (Lipinski definition) is 1. The lowest BCUT2D eigenvalue weighted by atomic mass is 10.0. The summed E-state index contributed by atoms with van der Waals surface area (Å²) in [5.41, 5.74) is 3.99. The van der Waals surface area contributed by atoms with Crippen LogP contribution in [0.2, 0.25) is 0 Å². The molecule has 2 aromatic heterocycles. The maximum absolute atomic E-state index is 13.5. The Kier molecular flexibility index (Phi) is 7.87. The smallest absolute Gasteiger partial charge is 0.256 e. The molecule has 0 spiro atoms. The van der Waals surface area contributed by atoms with Crippen LogP contribution >= 0.6 is 12.4 Å². The summed E-state index contributed by atoms with van der Waals surface area (Å²) in [4.78, 5) is 20.0. The first-order chi connectivity index (χ1) is 12.6. The molecule has 1 N–H and O–H groups in total. The zero-order valence-electron chi connectivity index (χ0n) is 16.6. The number of carbonyl (C=O) groups is 1. The van der Waals surface area contributed by atoms with Crippen LogP contribution in [0.25, 0.3) is 0 Å². The Morgan fingerprint density at radius 2 is 2.11 bits per heavy atom. The number of rotatable bonds is 5. The highest BCUT2D eigenvalue weighted by molar-refractivity contribution is 5.96. The highest BCUT2D eigenvalue weighted by atomic mass is 35.5. The van der Waals surface area contributed by atoms with Crippen molar-refractivity contribution in [2.24, 2.45) is 0 Å². The summed E-state index contributed by atoms with van der Waals surface area (Å²) in [5, 5.41) is 3.45. The fraction of sp³-hybridized carbons (Fsp3) is 0.524. The number of carbonyl (C=O) groups excluding carboxylic acids is 1. The van der Waals surface area contributed by atoms with Crippen molar-refractivity contribution >= 4 is 18.3 Å². The van der Waals surface area contributed by atoms with Crippen molar-refractivity contribution in [1.29, 1.82) is 0 Å². The molecule has 1 aliphatic heterocycles. The molecule has 0 aliphatic carbocycles. The predicted octanol–water partition coefficient (Wildman–Crippen LogP) is 3.73. The first-order valence-electron chi connectivity index (χ1n) is 9.70. The molecule has 1 saturated heterocycles. The summed E-state index contributed by atoms with van der Waals surface area (Å²) < 4.78 is 2.21. The minimum atomic E-state index is 0. The third kappa shape index (κ3) is 4.90. The monoisotopic (exact) mass is 390 g/mol. The molecule has 0 bridgehead atoms. The van der Waals surface area contributed by atoms with Gasteiger partial charge in [0.25, 0.3) is 5.91 Å². The van der Waals surface area contributed by atoms with E-state index in [1.165, 1.54) is 0 Å². The van der Waals surface area contributed by atoms with E-state index in [1.54, 1.807) is 6.20 Å². The van der Waals surface area contributed by atoms with Crippen LogP contribution in [0.1, 0.15) is 53.6 Å². The van der Waals surface area contributed by atoms with Crippen LogP contribution in [-0.2, 0) is 13.1 Å². The average Bonchev–Trinajstić information content (AvgIpc) is 2.83. The highest BCUT2D eigenvalue weighted by Crippen LogP contribution is 2.23. The Morgan fingerprint density at radius 3 is 2.78 bits per heavy atom. The largest absolute Gasteiger partial charge is 0.349 e. The number of nitrogens with zero attached hydrogens (tertiary/aromatic N) is 3. The molecule has 1 aliphatic rings. The molecule has 27 heavy (non-hydrogen) atoms. The molecule has 1 unspecified atom stereocenters. The van der Waals surface area contributed by atoms with E-state index >= 15 is 0 Å². The molecule has 0 saturated carbocycles. The first-order valence-corrected chi connectivity index (χ1v) is 9.70. The van der Waals surface area contributed by atoms with E-state index in [1.807, 2.05) is 24.3 Å². The molecule has 3 rings (SSSR count). The van der Waals surface area contributed by atoms with E-state index in [0.717, 1.165) is 61.5 Å². The zero-order chi connectivity index (χ0) is 18.5. The van der Waals surface area contributed by atoms with Gasteiger partial charge in [0.15, 0.2) is 0 Å². The molecule has 1 atom stereocenters. The lowest BCUT2D eigenvalue weighted by Crippen LogP contribution is -2.40. The van der Waals surface area contributed by atoms with E-state index in [-0.39, 0.29) is 24.4 Å². The maximum atomic E-state index is 13.5. The van der Waals surface area contributed by atoms with Gasteiger partial charge in [-0.1, -0.05) is 6.07 Å². The maximum Gasteiger partial charge on any atom is 0.256 e. The molecular weight excluding hydrogens is 360 g/mol. The molecule has 0 aromatic carbocycles. The summed E-state index contributed by atoms with van der Waals surface area (Å²) >= 11 is 0. The normalized spacial score (nSPS) is 17.1. The van der Waals surface area contributed by atoms with Crippen LogP contribution in [-0.4, -0.2) is 39.5 Å². The van der Waals surface area contributed by atoms with Gasteiger partial charge in [-0.2, -0.15) is 0 Å². The third-order valence-electron chi connectivity index (χ3n) is 5.43. The Bertz CT molecular complexity index is 736. The van der Waals surface area contributed by atoms with Crippen LogP contribution < -0.4 is 5.32 Å². The Morgan fingerprint density at radius 1 is 1.30 bits per heavy atom. The topological polar surface area (TPSA) is 50.2 Å². The third-order valence-corrected chi connectivity index (χ3v) is 5.43. The van der Waals surface area contributed by atoms with Crippen LogP contribution in [0.3, 0.4) is 0 Å². The van der Waals surface area contributed by atoms with Gasteiger partial charge in [0.2, 0.25) is 0 Å². The number of halogens is 1. The van der Waals surface area contributed by atoms with Gasteiger partial charge < -0.3 is 14.8 Å². The first kappa shape index (κ1) is 21.5. The summed E-state index contributed by atoms with van der Waals surface area (Å²) in [6.45, 7) is 9.70. The van der Waals surface area contributed by atoms with Crippen molar-refractivity contribution in [3.63, 3.8) is 0 Å². The van der Waals surface area contributed by atoms with Crippen molar-refractivity contribution in [2.45, 2.75) is 59.2 Å². The number of hydrogen-bond acceptors (Lipinski definition) is 3. The van der Waals surface area contributed by atoms with Gasteiger partial charge in [-0.05, 0) is 71.3 Å². The van der Waals surface area contributed by atoms with E-state index in [0.29, 0.717) is 6.54 Å². The molecule has 0 radical (unpaired) electrons. The Balaban J connectivity index is 0.00000261. The van der Waals surface area contributed by atoms with Gasteiger partial charge in [-0.15, -0.1) is 12.4 Å². The Labute approximate surface area is 168 Å². The number of pyridine rings is 1. The molecule has 148 valence electrons. The van der Waals surface area contributed by atoms with E-state index in [9.17, 15) is 4.79 Å². The molecule has 2 aromatic rings. The minimum Gasteiger partial charge on any atom is -0.349 e. The number of amides is 1. The molecule has 3 heterocycles. The molecule has 5 nitrogen and oxygen atoms in total. The second-order valence-corrected chi connectivity index (χ2v) is 7.12. The second-order valence-electron chi connectivity index (χ2n) is 7.12. The Hall–Kier alpha value is -1.85. The summed E-state index contributed by atoms with van der Waals surface area (Å²) in [5.74, 6) is 0.135. The SMILES string of the molecule is CCn1c(C)cc(C(=O)N(Cc2ccccn2)C2CCCNCC2)c1C.Cl. The number of nitrogens with one attached hydrogen (secondary N) is 1. The van der Waals surface area contributed by atoms with Crippen molar-refractivity contribution in [1.82, 2.24) is 19.8 Å². The fourth-order valence-electron chi connectivity index (χ4n) is 4.00. The van der Waals surface area contributed by atoms with Gasteiger partial charge >= 0.3 is 0 Å². The highest BCUT2D eigenvalue weighted by Gasteiger charge is 2.28. The summed E-state index contributed by atoms with van der Waals surface area (Å²) in [6.07, 6.45) is 4.93. The van der Waals surface area contributed by atoms with Crippen LogP contribution in [0, 0.1) is 13.8 Å². The molecule has 1 amide bonds. The van der Waals surface area contributed by atoms with Gasteiger partial charge in [-0.25, -0.2) is 0 Å².